The van der Waals surface area contributed by atoms with Gasteiger partial charge in [0.15, 0.2) is 0 Å². The zero-order valence-electron chi connectivity index (χ0n) is 15.0. The summed E-state index contributed by atoms with van der Waals surface area (Å²) in [5, 5.41) is 0.764. The topological polar surface area (TPSA) is 52.3 Å². The minimum atomic E-state index is -0.485. The van der Waals surface area contributed by atoms with Crippen molar-refractivity contribution in [3.8, 4) is 0 Å². The smallest absolute Gasteiger partial charge is 0.323 e. The number of ether oxygens (including phenoxy) is 1. The molecule has 4 heteroatoms. The standard InChI is InChI=1S/C20H30ClNO2/c1-13(2)11-18-14(3)24-20(23)19(22)6-4-5-16(18)12-15-7-9-17(21)10-8-15/h7-10,13-14,16,18-19H,4-6,11-12,22H2,1-3H3/t14-,16+,18-,19-/m0/s1. The molecular formula is C20H30ClNO2. The Hall–Kier alpha value is -1.06. The van der Waals surface area contributed by atoms with E-state index in [1.54, 1.807) is 0 Å². The molecule has 1 aromatic carbocycles. The fourth-order valence-electron chi connectivity index (χ4n) is 3.78. The van der Waals surface area contributed by atoms with Crippen molar-refractivity contribution in [2.75, 3.05) is 0 Å². The van der Waals surface area contributed by atoms with Gasteiger partial charge in [-0.25, -0.2) is 0 Å². The first-order chi connectivity index (χ1) is 11.4. The van der Waals surface area contributed by atoms with Crippen LogP contribution in [0.2, 0.25) is 5.02 Å². The molecule has 0 radical (unpaired) electrons. The second-order valence-corrected chi connectivity index (χ2v) is 8.00. The van der Waals surface area contributed by atoms with Crippen molar-refractivity contribution in [2.24, 2.45) is 23.5 Å². The molecule has 0 spiro atoms. The van der Waals surface area contributed by atoms with Gasteiger partial charge in [-0.05, 0) is 68.1 Å². The van der Waals surface area contributed by atoms with Gasteiger partial charge in [-0.15, -0.1) is 0 Å². The van der Waals surface area contributed by atoms with Crippen LogP contribution in [0.1, 0.15) is 52.0 Å². The molecule has 2 rings (SSSR count). The van der Waals surface area contributed by atoms with E-state index in [-0.39, 0.29) is 12.1 Å². The summed E-state index contributed by atoms with van der Waals surface area (Å²) < 4.78 is 5.70. The summed E-state index contributed by atoms with van der Waals surface area (Å²) in [5.41, 5.74) is 7.24. The Morgan fingerprint density at radius 1 is 1.25 bits per heavy atom. The van der Waals surface area contributed by atoms with E-state index in [4.69, 9.17) is 22.1 Å². The van der Waals surface area contributed by atoms with Crippen molar-refractivity contribution in [3.63, 3.8) is 0 Å². The van der Waals surface area contributed by atoms with Gasteiger partial charge in [-0.3, -0.25) is 4.79 Å². The number of nitrogens with two attached hydrogens (primary N) is 1. The van der Waals surface area contributed by atoms with Crippen molar-refractivity contribution in [3.05, 3.63) is 34.9 Å². The summed E-state index contributed by atoms with van der Waals surface area (Å²) in [6.07, 6.45) is 4.70. The highest BCUT2D eigenvalue weighted by Crippen LogP contribution is 2.34. The van der Waals surface area contributed by atoms with E-state index in [0.717, 1.165) is 30.7 Å². The minimum absolute atomic E-state index is 0.0960. The summed E-state index contributed by atoms with van der Waals surface area (Å²) in [4.78, 5) is 12.1. The molecule has 0 unspecified atom stereocenters. The number of halogens is 1. The predicted octanol–water partition coefficient (Wildman–Crippen LogP) is 4.60. The maximum atomic E-state index is 12.1. The van der Waals surface area contributed by atoms with Crippen molar-refractivity contribution in [2.45, 2.75) is 65.0 Å². The number of esters is 1. The van der Waals surface area contributed by atoms with Crippen molar-refractivity contribution < 1.29 is 9.53 Å². The lowest BCUT2D eigenvalue weighted by molar-refractivity contribution is -0.153. The second kappa shape index (κ2) is 8.87. The zero-order valence-corrected chi connectivity index (χ0v) is 15.8. The second-order valence-electron chi connectivity index (χ2n) is 7.56. The number of hydrogen-bond donors (Lipinski definition) is 1. The van der Waals surface area contributed by atoms with E-state index in [1.807, 2.05) is 19.1 Å². The molecule has 1 aliphatic heterocycles. The van der Waals surface area contributed by atoms with Crippen LogP contribution >= 0.6 is 11.6 Å². The van der Waals surface area contributed by atoms with Crippen LogP contribution in [-0.2, 0) is 16.0 Å². The molecular weight excluding hydrogens is 322 g/mol. The van der Waals surface area contributed by atoms with Crippen LogP contribution in [0.4, 0.5) is 0 Å². The molecule has 1 heterocycles. The van der Waals surface area contributed by atoms with Gasteiger partial charge in [0.2, 0.25) is 0 Å². The van der Waals surface area contributed by atoms with Gasteiger partial charge in [0.1, 0.15) is 12.1 Å². The summed E-state index contributed by atoms with van der Waals surface area (Å²) in [6, 6.07) is 7.61. The third kappa shape index (κ3) is 5.49. The highest BCUT2D eigenvalue weighted by atomic mass is 35.5. The van der Waals surface area contributed by atoms with Crippen LogP contribution < -0.4 is 5.73 Å². The van der Waals surface area contributed by atoms with Crippen LogP contribution in [0.5, 0.6) is 0 Å². The highest BCUT2D eigenvalue weighted by Gasteiger charge is 2.32. The molecule has 1 fully saturated rings. The fraction of sp³-hybridized carbons (Fsp3) is 0.650. The minimum Gasteiger partial charge on any atom is -0.461 e. The van der Waals surface area contributed by atoms with Gasteiger partial charge in [0.05, 0.1) is 0 Å². The number of hydrogen-bond acceptors (Lipinski definition) is 3. The van der Waals surface area contributed by atoms with Gasteiger partial charge >= 0.3 is 5.97 Å². The Bertz CT molecular complexity index is 529. The molecule has 4 atom stereocenters. The average molecular weight is 352 g/mol. The van der Waals surface area contributed by atoms with Gasteiger partial charge < -0.3 is 10.5 Å². The summed E-state index contributed by atoms with van der Waals surface area (Å²) in [5.74, 6) is 1.17. The molecule has 0 saturated carbocycles. The fourth-order valence-corrected chi connectivity index (χ4v) is 3.90. The molecule has 1 saturated heterocycles. The third-order valence-electron chi connectivity index (χ3n) is 5.06. The normalized spacial score (nSPS) is 28.8. The van der Waals surface area contributed by atoms with Crippen molar-refractivity contribution >= 4 is 17.6 Å². The van der Waals surface area contributed by atoms with Gasteiger partial charge in [0, 0.05) is 5.02 Å². The number of rotatable bonds is 4. The molecule has 2 N–H and O–H groups in total. The maximum absolute atomic E-state index is 12.1. The first-order valence-electron chi connectivity index (χ1n) is 9.07. The summed E-state index contributed by atoms with van der Waals surface area (Å²) in [6.45, 7) is 6.48. The van der Waals surface area contributed by atoms with Crippen LogP contribution in [-0.4, -0.2) is 18.1 Å². The van der Waals surface area contributed by atoms with Crippen LogP contribution in [0.3, 0.4) is 0 Å². The molecule has 0 amide bonds. The summed E-state index contributed by atoms with van der Waals surface area (Å²) >= 11 is 6.01. The Balaban J connectivity index is 2.20. The predicted molar refractivity (Wildman–Crippen MR) is 99.0 cm³/mol. The number of carbonyl (C=O) groups is 1. The van der Waals surface area contributed by atoms with E-state index in [0.29, 0.717) is 24.2 Å². The van der Waals surface area contributed by atoms with Gasteiger partial charge in [-0.2, -0.15) is 0 Å². The highest BCUT2D eigenvalue weighted by molar-refractivity contribution is 6.30. The molecule has 3 nitrogen and oxygen atoms in total. The molecule has 0 bridgehead atoms. The molecule has 0 aliphatic carbocycles. The van der Waals surface area contributed by atoms with Gasteiger partial charge in [0.25, 0.3) is 0 Å². The monoisotopic (exact) mass is 351 g/mol. The number of carbonyl (C=O) groups excluding carboxylic acids is 1. The van der Waals surface area contributed by atoms with Crippen molar-refractivity contribution in [1.29, 1.82) is 0 Å². The lowest BCUT2D eigenvalue weighted by atomic mass is 9.76. The van der Waals surface area contributed by atoms with Crippen LogP contribution in [0, 0.1) is 17.8 Å². The summed E-state index contributed by atoms with van der Waals surface area (Å²) in [7, 11) is 0. The molecule has 0 aromatic heterocycles. The number of cyclic esters (lactones) is 1. The van der Waals surface area contributed by atoms with Gasteiger partial charge in [-0.1, -0.05) is 44.0 Å². The quantitative estimate of drug-likeness (QED) is 0.806. The zero-order chi connectivity index (χ0) is 17.7. The van der Waals surface area contributed by atoms with E-state index in [9.17, 15) is 4.79 Å². The Labute approximate surface area is 150 Å². The molecule has 1 aromatic rings. The first-order valence-corrected chi connectivity index (χ1v) is 9.45. The van der Waals surface area contributed by atoms with E-state index >= 15 is 0 Å². The maximum Gasteiger partial charge on any atom is 0.323 e. The Morgan fingerprint density at radius 3 is 2.54 bits per heavy atom. The van der Waals surface area contributed by atoms with Crippen LogP contribution in [0.15, 0.2) is 24.3 Å². The Kier molecular flexibility index (Phi) is 7.12. The largest absolute Gasteiger partial charge is 0.461 e. The Morgan fingerprint density at radius 2 is 1.92 bits per heavy atom. The molecule has 24 heavy (non-hydrogen) atoms. The van der Waals surface area contributed by atoms with E-state index < -0.39 is 6.04 Å². The lowest BCUT2D eigenvalue weighted by Gasteiger charge is -2.32. The van der Waals surface area contributed by atoms with E-state index in [2.05, 4.69) is 26.0 Å². The third-order valence-corrected chi connectivity index (χ3v) is 5.31. The van der Waals surface area contributed by atoms with E-state index in [1.165, 1.54) is 5.56 Å². The SMILES string of the molecule is CC(C)C[C@@H]1[C@@H](Cc2ccc(Cl)cc2)CCC[C@H](N)C(=O)O[C@H]1C. The average Bonchev–Trinajstić information content (AvgIpc) is 2.56. The number of benzene rings is 1. The van der Waals surface area contributed by atoms with Crippen LogP contribution in [0.25, 0.3) is 0 Å². The lowest BCUT2D eigenvalue weighted by Crippen LogP contribution is -2.37. The molecule has 134 valence electrons. The van der Waals surface area contributed by atoms with Crippen molar-refractivity contribution in [1.82, 2.24) is 0 Å². The molecule has 1 aliphatic rings. The first kappa shape index (κ1) is 19.3.